The topological polar surface area (TPSA) is 83.5 Å². The van der Waals surface area contributed by atoms with Crippen molar-refractivity contribution >= 4 is 0 Å². The molecule has 0 spiro atoms. The molecule has 11 heavy (non-hydrogen) atoms. The molecular formula is C8H22N2O. The molecule has 6 N–H and O–H groups in total. The first-order chi connectivity index (χ1) is 4.91. The summed E-state index contributed by atoms with van der Waals surface area (Å²) in [6, 6.07) is 0. The highest BCUT2D eigenvalue weighted by molar-refractivity contribution is 4.45. The Kier molecular flexibility index (Phi) is 15.4. The van der Waals surface area contributed by atoms with Gasteiger partial charge in [0.1, 0.15) is 0 Å². The summed E-state index contributed by atoms with van der Waals surface area (Å²) in [4.78, 5) is 0. The third-order valence-corrected chi connectivity index (χ3v) is 1.66. The maximum atomic E-state index is 5.35. The average molecular weight is 162 g/mol. The van der Waals surface area contributed by atoms with E-state index >= 15 is 0 Å². The van der Waals surface area contributed by atoms with Gasteiger partial charge >= 0.3 is 0 Å². The first kappa shape index (κ1) is 13.5. The quantitative estimate of drug-likeness (QED) is 0.532. The van der Waals surface area contributed by atoms with Gasteiger partial charge in [-0.25, -0.2) is 0 Å². The molecule has 0 aliphatic rings. The summed E-state index contributed by atoms with van der Waals surface area (Å²) in [7, 11) is 0. The summed E-state index contributed by atoms with van der Waals surface area (Å²) in [5.41, 5.74) is 10.7. The highest BCUT2D eigenvalue weighted by Crippen LogP contribution is 2.03. The van der Waals surface area contributed by atoms with E-state index in [0.29, 0.717) is 0 Å². The lowest BCUT2D eigenvalue weighted by atomic mass is 10.1. The molecule has 0 amide bonds. The standard InChI is InChI=1S/C8H20N2.H2O/c9-7-5-3-1-2-4-6-8-10;/h1-10H2;1H2. The van der Waals surface area contributed by atoms with Crippen molar-refractivity contribution in [1.82, 2.24) is 0 Å². The lowest BCUT2D eigenvalue weighted by Gasteiger charge is -1.97. The summed E-state index contributed by atoms with van der Waals surface area (Å²) in [5, 5.41) is 0. The van der Waals surface area contributed by atoms with Gasteiger partial charge in [-0.15, -0.1) is 0 Å². The van der Waals surface area contributed by atoms with Crippen molar-refractivity contribution in [3.63, 3.8) is 0 Å². The Morgan fingerprint density at radius 3 is 1.09 bits per heavy atom. The van der Waals surface area contributed by atoms with Crippen molar-refractivity contribution in [3.05, 3.63) is 0 Å². The molecule has 0 saturated carbocycles. The summed E-state index contributed by atoms with van der Waals surface area (Å²) < 4.78 is 0. The van der Waals surface area contributed by atoms with Crippen LogP contribution in [0.4, 0.5) is 0 Å². The molecule has 0 aliphatic carbocycles. The molecule has 0 fully saturated rings. The molecule has 0 rings (SSSR count). The predicted molar refractivity (Wildman–Crippen MR) is 49.4 cm³/mol. The smallest absolute Gasteiger partial charge is 0.00773 e. The molecule has 0 aromatic carbocycles. The Bertz CT molecular complexity index is 52.1. The molecule has 0 aromatic rings. The zero-order chi connectivity index (χ0) is 7.66. The van der Waals surface area contributed by atoms with Gasteiger partial charge in [-0.05, 0) is 25.9 Å². The Balaban J connectivity index is 0. The molecule has 0 aromatic heterocycles. The molecule has 0 bridgehead atoms. The van der Waals surface area contributed by atoms with E-state index in [0.717, 1.165) is 13.1 Å². The third kappa shape index (κ3) is 13.0. The highest BCUT2D eigenvalue weighted by Gasteiger charge is 1.87. The maximum absolute atomic E-state index is 5.35. The van der Waals surface area contributed by atoms with Crippen LogP contribution in [0, 0.1) is 0 Å². The van der Waals surface area contributed by atoms with E-state index in [1.54, 1.807) is 0 Å². The highest BCUT2D eigenvalue weighted by atomic mass is 16.0. The number of rotatable bonds is 7. The summed E-state index contributed by atoms with van der Waals surface area (Å²) in [6.45, 7) is 1.69. The molecule has 3 heteroatoms. The van der Waals surface area contributed by atoms with Crippen LogP contribution in [-0.4, -0.2) is 18.6 Å². The molecular weight excluding hydrogens is 140 g/mol. The molecule has 0 radical (unpaired) electrons. The zero-order valence-corrected chi connectivity index (χ0v) is 7.31. The van der Waals surface area contributed by atoms with E-state index in [9.17, 15) is 0 Å². The van der Waals surface area contributed by atoms with Gasteiger partial charge in [0.2, 0.25) is 0 Å². The van der Waals surface area contributed by atoms with Crippen molar-refractivity contribution in [2.75, 3.05) is 13.1 Å². The van der Waals surface area contributed by atoms with Gasteiger partial charge < -0.3 is 16.9 Å². The summed E-state index contributed by atoms with van der Waals surface area (Å²) in [5.74, 6) is 0. The fourth-order valence-corrected chi connectivity index (χ4v) is 0.996. The monoisotopic (exact) mass is 162 g/mol. The number of unbranched alkanes of at least 4 members (excludes halogenated alkanes) is 5. The lowest BCUT2D eigenvalue weighted by molar-refractivity contribution is 0.601. The van der Waals surface area contributed by atoms with Crippen LogP contribution in [-0.2, 0) is 0 Å². The Labute approximate surface area is 69.5 Å². The molecule has 0 saturated heterocycles. The Morgan fingerprint density at radius 1 is 0.545 bits per heavy atom. The van der Waals surface area contributed by atoms with Gasteiger partial charge in [-0.1, -0.05) is 25.7 Å². The molecule has 0 unspecified atom stereocenters. The van der Waals surface area contributed by atoms with Crippen LogP contribution in [0.3, 0.4) is 0 Å². The molecule has 0 aliphatic heterocycles. The van der Waals surface area contributed by atoms with E-state index in [2.05, 4.69) is 0 Å². The number of hydrogen-bond acceptors (Lipinski definition) is 2. The van der Waals surface area contributed by atoms with Crippen molar-refractivity contribution in [2.24, 2.45) is 11.5 Å². The molecule has 70 valence electrons. The Morgan fingerprint density at radius 2 is 0.818 bits per heavy atom. The zero-order valence-electron chi connectivity index (χ0n) is 7.31. The minimum atomic E-state index is 0. The van der Waals surface area contributed by atoms with E-state index in [-0.39, 0.29) is 5.48 Å². The fourth-order valence-electron chi connectivity index (χ4n) is 0.996. The van der Waals surface area contributed by atoms with Crippen molar-refractivity contribution in [2.45, 2.75) is 38.5 Å². The molecule has 3 nitrogen and oxygen atoms in total. The van der Waals surface area contributed by atoms with Gasteiger partial charge in [0, 0.05) is 0 Å². The van der Waals surface area contributed by atoms with Crippen LogP contribution in [0.5, 0.6) is 0 Å². The van der Waals surface area contributed by atoms with Gasteiger partial charge in [-0.2, -0.15) is 0 Å². The van der Waals surface area contributed by atoms with Crippen LogP contribution in [0.2, 0.25) is 0 Å². The average Bonchev–Trinajstić information content (AvgIpc) is 1.97. The normalized spacial score (nSPS) is 9.27. The van der Waals surface area contributed by atoms with Crippen molar-refractivity contribution in [1.29, 1.82) is 0 Å². The predicted octanol–water partition coefficient (Wildman–Crippen LogP) is 0.420. The minimum absolute atomic E-state index is 0. The van der Waals surface area contributed by atoms with E-state index in [4.69, 9.17) is 11.5 Å². The van der Waals surface area contributed by atoms with Gasteiger partial charge in [0.05, 0.1) is 0 Å². The Hall–Kier alpha value is -0.120. The van der Waals surface area contributed by atoms with Crippen LogP contribution in [0.25, 0.3) is 0 Å². The number of nitrogens with two attached hydrogens (primary N) is 2. The number of hydrogen-bond donors (Lipinski definition) is 2. The van der Waals surface area contributed by atoms with Crippen molar-refractivity contribution < 1.29 is 5.48 Å². The molecule has 0 atom stereocenters. The SMILES string of the molecule is NCCCCCCCCN.O. The molecule has 0 heterocycles. The van der Waals surface area contributed by atoms with Crippen LogP contribution in [0.1, 0.15) is 38.5 Å². The van der Waals surface area contributed by atoms with Crippen molar-refractivity contribution in [3.8, 4) is 0 Å². The minimum Gasteiger partial charge on any atom is -0.412 e. The van der Waals surface area contributed by atoms with E-state index < -0.39 is 0 Å². The summed E-state index contributed by atoms with van der Waals surface area (Å²) >= 11 is 0. The fraction of sp³-hybridized carbons (Fsp3) is 1.00. The maximum Gasteiger partial charge on any atom is -0.00773 e. The van der Waals surface area contributed by atoms with Crippen LogP contribution < -0.4 is 11.5 Å². The largest absolute Gasteiger partial charge is 0.412 e. The summed E-state index contributed by atoms with van der Waals surface area (Å²) in [6.07, 6.45) is 7.61. The van der Waals surface area contributed by atoms with E-state index in [1.165, 1.54) is 38.5 Å². The lowest BCUT2D eigenvalue weighted by Crippen LogP contribution is -1.99. The van der Waals surface area contributed by atoms with Gasteiger partial charge in [-0.3, -0.25) is 0 Å². The van der Waals surface area contributed by atoms with Gasteiger partial charge in [0.15, 0.2) is 0 Å². The second-order valence-electron chi connectivity index (χ2n) is 2.70. The van der Waals surface area contributed by atoms with E-state index in [1.807, 2.05) is 0 Å². The third-order valence-electron chi connectivity index (χ3n) is 1.66. The second kappa shape index (κ2) is 12.5. The second-order valence-corrected chi connectivity index (χ2v) is 2.70. The first-order valence-electron chi connectivity index (χ1n) is 4.32. The van der Waals surface area contributed by atoms with Crippen LogP contribution in [0.15, 0.2) is 0 Å². The van der Waals surface area contributed by atoms with Gasteiger partial charge in [0.25, 0.3) is 0 Å². The van der Waals surface area contributed by atoms with Crippen LogP contribution >= 0.6 is 0 Å². The first-order valence-corrected chi connectivity index (χ1v) is 4.32.